The molecule has 7 nitrogen and oxygen atoms in total. The van der Waals surface area contributed by atoms with Crippen molar-refractivity contribution in [3.05, 3.63) is 25.3 Å². The van der Waals surface area contributed by atoms with Gasteiger partial charge in [0, 0.05) is 19.1 Å². The number of hydrogen-bond acceptors (Lipinski definition) is 5. The van der Waals surface area contributed by atoms with Crippen LogP contribution in [0.25, 0.3) is 11.2 Å². The monoisotopic (exact) mass is 272 g/mol. The molecular formula is C13H16N6O. The fourth-order valence-corrected chi connectivity index (χ4v) is 2.53. The van der Waals surface area contributed by atoms with Gasteiger partial charge >= 0.3 is 0 Å². The van der Waals surface area contributed by atoms with Crippen LogP contribution in [0.3, 0.4) is 0 Å². The average molecular weight is 272 g/mol. The molecule has 1 unspecified atom stereocenters. The summed E-state index contributed by atoms with van der Waals surface area (Å²) in [6.45, 7) is 5.10. The second kappa shape index (κ2) is 5.28. The first-order valence-corrected chi connectivity index (χ1v) is 6.60. The van der Waals surface area contributed by atoms with Crippen molar-refractivity contribution in [3.63, 3.8) is 0 Å². The molecule has 0 bridgehead atoms. The molecule has 0 aromatic carbocycles. The summed E-state index contributed by atoms with van der Waals surface area (Å²) in [6.07, 6.45) is 6.41. The number of amides is 1. The molecule has 0 saturated carbocycles. The fraction of sp³-hybridized carbons (Fsp3) is 0.385. The lowest BCUT2D eigenvalue weighted by Gasteiger charge is -2.33. The number of carbonyl (C=O) groups is 1. The Kier molecular flexibility index (Phi) is 3.32. The maximum Gasteiger partial charge on any atom is 0.243 e. The third-order valence-corrected chi connectivity index (χ3v) is 3.45. The second-order valence-corrected chi connectivity index (χ2v) is 4.79. The van der Waals surface area contributed by atoms with E-state index in [4.69, 9.17) is 0 Å². The number of nitrogens with one attached hydrogen (secondary N) is 2. The Bertz CT molecular complexity index is 637. The lowest BCUT2D eigenvalue weighted by Crippen LogP contribution is -2.47. The van der Waals surface area contributed by atoms with Gasteiger partial charge in [-0.15, -0.1) is 0 Å². The zero-order valence-corrected chi connectivity index (χ0v) is 11.0. The molecule has 0 spiro atoms. The highest BCUT2D eigenvalue weighted by Crippen LogP contribution is 2.23. The summed E-state index contributed by atoms with van der Waals surface area (Å²) >= 11 is 0. The highest BCUT2D eigenvalue weighted by molar-refractivity contribution is 5.87. The van der Waals surface area contributed by atoms with Crippen molar-refractivity contribution in [1.82, 2.24) is 25.3 Å². The van der Waals surface area contributed by atoms with E-state index in [1.165, 1.54) is 12.4 Å². The molecule has 3 heterocycles. The number of aromatic nitrogens is 4. The van der Waals surface area contributed by atoms with Crippen LogP contribution >= 0.6 is 0 Å². The largest absolute Gasteiger partial charge is 0.353 e. The molecule has 104 valence electrons. The Morgan fingerprint density at radius 2 is 2.40 bits per heavy atom. The van der Waals surface area contributed by atoms with E-state index in [2.05, 4.69) is 36.7 Å². The van der Waals surface area contributed by atoms with Gasteiger partial charge in [0.15, 0.2) is 11.5 Å². The minimum atomic E-state index is -0.135. The number of H-pyrrole nitrogens is 1. The summed E-state index contributed by atoms with van der Waals surface area (Å²) in [6, 6.07) is 0.109. The third-order valence-electron chi connectivity index (χ3n) is 3.45. The summed E-state index contributed by atoms with van der Waals surface area (Å²) in [5, 5.41) is 2.94. The molecular weight excluding hydrogens is 256 g/mol. The summed E-state index contributed by atoms with van der Waals surface area (Å²) in [7, 11) is 0. The van der Waals surface area contributed by atoms with Gasteiger partial charge in [-0.2, -0.15) is 0 Å². The van der Waals surface area contributed by atoms with Crippen LogP contribution in [0.15, 0.2) is 25.3 Å². The fourth-order valence-electron chi connectivity index (χ4n) is 2.53. The molecule has 1 atom stereocenters. The van der Waals surface area contributed by atoms with E-state index in [1.807, 2.05) is 0 Å². The van der Waals surface area contributed by atoms with Crippen LogP contribution in [0.5, 0.6) is 0 Å². The van der Waals surface area contributed by atoms with Crippen LogP contribution in [0.2, 0.25) is 0 Å². The molecule has 1 fully saturated rings. The number of nitrogens with zero attached hydrogens (tertiary/aromatic N) is 4. The first kappa shape index (κ1) is 12.6. The number of anilines is 1. The van der Waals surface area contributed by atoms with Gasteiger partial charge in [0.2, 0.25) is 5.91 Å². The number of rotatable bonds is 3. The Labute approximate surface area is 116 Å². The summed E-state index contributed by atoms with van der Waals surface area (Å²) < 4.78 is 0. The molecule has 2 aromatic heterocycles. The molecule has 1 amide bonds. The van der Waals surface area contributed by atoms with E-state index < -0.39 is 0 Å². The van der Waals surface area contributed by atoms with Crippen molar-refractivity contribution in [2.75, 3.05) is 18.0 Å². The average Bonchev–Trinajstić information content (AvgIpc) is 2.95. The van der Waals surface area contributed by atoms with Gasteiger partial charge in [-0.3, -0.25) is 4.79 Å². The van der Waals surface area contributed by atoms with Crippen molar-refractivity contribution in [3.8, 4) is 0 Å². The first-order valence-electron chi connectivity index (χ1n) is 6.60. The molecule has 1 saturated heterocycles. The van der Waals surface area contributed by atoms with E-state index in [0.29, 0.717) is 0 Å². The smallest absolute Gasteiger partial charge is 0.243 e. The van der Waals surface area contributed by atoms with Crippen molar-refractivity contribution >= 4 is 22.9 Å². The van der Waals surface area contributed by atoms with Crippen molar-refractivity contribution < 1.29 is 4.79 Å². The number of imidazole rings is 1. The van der Waals surface area contributed by atoms with Crippen molar-refractivity contribution in [2.45, 2.75) is 18.9 Å². The van der Waals surface area contributed by atoms with Gasteiger partial charge in [0.05, 0.1) is 6.33 Å². The molecule has 1 aliphatic heterocycles. The molecule has 1 aliphatic rings. The Balaban J connectivity index is 1.81. The van der Waals surface area contributed by atoms with Gasteiger partial charge in [-0.25, -0.2) is 15.0 Å². The Hall–Kier alpha value is -2.44. The van der Waals surface area contributed by atoms with E-state index in [9.17, 15) is 4.79 Å². The third kappa shape index (κ3) is 2.34. The van der Waals surface area contributed by atoms with E-state index in [-0.39, 0.29) is 11.9 Å². The van der Waals surface area contributed by atoms with Crippen LogP contribution in [0.4, 0.5) is 5.82 Å². The van der Waals surface area contributed by atoms with E-state index in [1.54, 1.807) is 6.33 Å². The van der Waals surface area contributed by atoms with Crippen LogP contribution in [-0.2, 0) is 4.79 Å². The minimum Gasteiger partial charge on any atom is -0.353 e. The van der Waals surface area contributed by atoms with Gasteiger partial charge in [-0.1, -0.05) is 6.58 Å². The predicted molar refractivity (Wildman–Crippen MR) is 75.3 cm³/mol. The summed E-state index contributed by atoms with van der Waals surface area (Å²) in [5.74, 6) is 0.679. The van der Waals surface area contributed by atoms with Crippen molar-refractivity contribution in [1.29, 1.82) is 0 Å². The normalized spacial score (nSPS) is 19.0. The summed E-state index contributed by atoms with van der Waals surface area (Å²) in [5.41, 5.74) is 1.50. The second-order valence-electron chi connectivity index (χ2n) is 4.79. The van der Waals surface area contributed by atoms with Gasteiger partial charge in [0.25, 0.3) is 0 Å². The van der Waals surface area contributed by atoms with Crippen LogP contribution in [0.1, 0.15) is 12.8 Å². The Morgan fingerprint density at radius 3 is 3.25 bits per heavy atom. The van der Waals surface area contributed by atoms with Crippen molar-refractivity contribution in [2.24, 2.45) is 0 Å². The van der Waals surface area contributed by atoms with Crippen LogP contribution in [0, 0.1) is 0 Å². The molecule has 0 aliphatic carbocycles. The highest BCUT2D eigenvalue weighted by Gasteiger charge is 2.23. The van der Waals surface area contributed by atoms with E-state index in [0.717, 1.165) is 42.9 Å². The standard InChI is InChI=1S/C13H16N6O/c1-2-10(20)18-9-4-3-5-19(6-9)13-11-12(15-7-14-11)16-8-17-13/h2,7-9H,1,3-6H2,(H,18,20)(H,14,15,16,17). The number of hydrogen-bond donors (Lipinski definition) is 2. The summed E-state index contributed by atoms with van der Waals surface area (Å²) in [4.78, 5) is 29.3. The van der Waals surface area contributed by atoms with Gasteiger partial charge < -0.3 is 15.2 Å². The van der Waals surface area contributed by atoms with Crippen LogP contribution < -0.4 is 10.2 Å². The number of carbonyl (C=O) groups excluding carboxylic acids is 1. The Morgan fingerprint density at radius 1 is 1.50 bits per heavy atom. The molecule has 7 heteroatoms. The first-order chi connectivity index (χ1) is 9.78. The van der Waals surface area contributed by atoms with Gasteiger partial charge in [-0.05, 0) is 18.9 Å². The minimum absolute atomic E-state index is 0.109. The topological polar surface area (TPSA) is 86.8 Å². The molecule has 2 N–H and O–H groups in total. The quantitative estimate of drug-likeness (QED) is 0.800. The SMILES string of the molecule is C=CC(=O)NC1CCCN(c2ncnc3[nH]cnc23)C1. The number of piperidine rings is 1. The van der Waals surface area contributed by atoms with Gasteiger partial charge in [0.1, 0.15) is 11.8 Å². The van der Waals surface area contributed by atoms with E-state index >= 15 is 0 Å². The molecule has 2 aromatic rings. The van der Waals surface area contributed by atoms with Crippen LogP contribution in [-0.4, -0.2) is 45.0 Å². The lowest BCUT2D eigenvalue weighted by molar-refractivity contribution is -0.117. The molecule has 3 rings (SSSR count). The zero-order chi connectivity index (χ0) is 13.9. The zero-order valence-electron chi connectivity index (χ0n) is 11.0. The lowest BCUT2D eigenvalue weighted by atomic mass is 10.1. The number of aromatic amines is 1. The number of fused-ring (bicyclic) bond motifs is 1. The maximum atomic E-state index is 11.4. The predicted octanol–water partition coefficient (Wildman–Crippen LogP) is 0.624. The maximum absolute atomic E-state index is 11.4. The molecule has 20 heavy (non-hydrogen) atoms. The molecule has 0 radical (unpaired) electrons. The highest BCUT2D eigenvalue weighted by atomic mass is 16.1.